The lowest BCUT2D eigenvalue weighted by Crippen LogP contribution is -2.26. The molecule has 1 spiro atoms. The smallest absolute Gasteiger partial charge is 0.0622 e. The Bertz CT molecular complexity index is 1880. The largest absolute Gasteiger partial charge is 0.0731 e. The molecule has 0 fully saturated rings. The first-order valence-electron chi connectivity index (χ1n) is 13.1. The Kier molecular flexibility index (Phi) is 4.68. The van der Waals surface area contributed by atoms with Crippen molar-refractivity contribution >= 4 is 15.9 Å². The minimum absolute atomic E-state index is 0.374. The van der Waals surface area contributed by atoms with Gasteiger partial charge in [0.05, 0.1) is 5.41 Å². The van der Waals surface area contributed by atoms with Gasteiger partial charge in [-0.05, 0) is 73.3 Å². The van der Waals surface area contributed by atoms with Gasteiger partial charge >= 0.3 is 0 Å². The summed E-state index contributed by atoms with van der Waals surface area (Å²) in [5, 5.41) is 0. The van der Waals surface area contributed by atoms with Crippen LogP contribution >= 0.6 is 15.9 Å². The molecule has 0 nitrogen and oxygen atoms in total. The fourth-order valence-electron chi connectivity index (χ4n) is 6.94. The quantitative estimate of drug-likeness (QED) is 0.202. The Balaban J connectivity index is 1.50. The summed E-state index contributed by atoms with van der Waals surface area (Å²) in [7, 11) is 0. The van der Waals surface area contributed by atoms with Gasteiger partial charge in [-0.15, -0.1) is 0 Å². The van der Waals surface area contributed by atoms with Crippen molar-refractivity contribution in [2.24, 2.45) is 0 Å². The van der Waals surface area contributed by atoms with E-state index in [1.807, 2.05) is 0 Å². The molecule has 1 unspecified atom stereocenters. The van der Waals surface area contributed by atoms with Gasteiger partial charge < -0.3 is 0 Å². The van der Waals surface area contributed by atoms with Gasteiger partial charge in [0, 0.05) is 10.0 Å². The highest BCUT2D eigenvalue weighted by Crippen LogP contribution is 2.65. The molecule has 0 radical (unpaired) electrons. The summed E-state index contributed by atoms with van der Waals surface area (Å²) in [5.41, 5.74) is 15.4. The Labute approximate surface area is 231 Å². The van der Waals surface area contributed by atoms with E-state index in [9.17, 15) is 0 Å². The molecule has 178 valence electrons. The van der Waals surface area contributed by atoms with E-state index in [0.29, 0.717) is 0 Å². The maximum atomic E-state index is 3.93. The molecule has 8 rings (SSSR count). The molecule has 2 aliphatic carbocycles. The predicted molar refractivity (Wildman–Crippen MR) is 161 cm³/mol. The van der Waals surface area contributed by atoms with E-state index in [2.05, 4.69) is 155 Å². The van der Waals surface area contributed by atoms with Crippen LogP contribution in [0.4, 0.5) is 0 Å². The zero-order valence-corrected chi connectivity index (χ0v) is 22.2. The molecule has 0 saturated carbocycles. The third-order valence-corrected chi connectivity index (χ3v) is 9.02. The topological polar surface area (TPSA) is 0 Å². The average molecular weight is 547 g/mol. The first-order chi connectivity index (χ1) is 18.8. The molecule has 38 heavy (non-hydrogen) atoms. The minimum atomic E-state index is -0.374. The van der Waals surface area contributed by atoms with Crippen LogP contribution in [0.1, 0.15) is 22.3 Å². The van der Waals surface area contributed by atoms with Crippen molar-refractivity contribution < 1.29 is 0 Å². The van der Waals surface area contributed by atoms with Crippen LogP contribution < -0.4 is 0 Å². The second-order valence-corrected chi connectivity index (χ2v) is 11.0. The SMILES string of the molecule is Brc1cccc2c1-c1ccccc1C21c2ccccc2-c2cccc(-c3cccc(-c4ccccc4)c3)c21. The molecule has 1 heteroatoms. The van der Waals surface area contributed by atoms with E-state index in [0.717, 1.165) is 4.47 Å². The van der Waals surface area contributed by atoms with Gasteiger partial charge in [0.1, 0.15) is 0 Å². The molecule has 0 aromatic heterocycles. The van der Waals surface area contributed by atoms with E-state index in [4.69, 9.17) is 0 Å². The standard InChI is InChI=1S/C37H23Br/c38-34-22-10-21-33-35(34)30-16-5-7-20-32(30)37(33)31-19-6-4-15-28(31)29-18-9-17-27(36(29)37)26-14-8-13-25(23-26)24-11-2-1-3-12-24/h1-23H. The second-order valence-electron chi connectivity index (χ2n) is 10.2. The Morgan fingerprint density at radius 1 is 0.395 bits per heavy atom. The second kappa shape index (κ2) is 8.15. The molecule has 6 aromatic rings. The maximum absolute atomic E-state index is 3.93. The monoisotopic (exact) mass is 546 g/mol. The lowest BCUT2D eigenvalue weighted by Gasteiger charge is -2.32. The van der Waals surface area contributed by atoms with E-state index < -0.39 is 0 Å². The summed E-state index contributed by atoms with van der Waals surface area (Å²) in [4.78, 5) is 0. The van der Waals surface area contributed by atoms with Crippen molar-refractivity contribution in [1.29, 1.82) is 0 Å². The highest BCUT2D eigenvalue weighted by Gasteiger charge is 2.53. The first-order valence-corrected chi connectivity index (χ1v) is 13.9. The Morgan fingerprint density at radius 3 is 1.79 bits per heavy atom. The van der Waals surface area contributed by atoms with Crippen molar-refractivity contribution in [2.75, 3.05) is 0 Å². The molecule has 0 saturated heterocycles. The van der Waals surface area contributed by atoms with Crippen LogP contribution in [0.15, 0.2) is 144 Å². The van der Waals surface area contributed by atoms with E-state index in [1.165, 1.54) is 66.8 Å². The molecule has 0 aliphatic heterocycles. The van der Waals surface area contributed by atoms with Gasteiger partial charge in [-0.2, -0.15) is 0 Å². The Morgan fingerprint density at radius 2 is 0.947 bits per heavy atom. The third kappa shape index (κ3) is 2.80. The van der Waals surface area contributed by atoms with Gasteiger partial charge in [0.15, 0.2) is 0 Å². The zero-order valence-electron chi connectivity index (χ0n) is 20.7. The lowest BCUT2D eigenvalue weighted by atomic mass is 9.68. The van der Waals surface area contributed by atoms with Crippen molar-refractivity contribution in [3.05, 3.63) is 166 Å². The third-order valence-electron chi connectivity index (χ3n) is 8.36. The molecule has 6 aromatic carbocycles. The van der Waals surface area contributed by atoms with E-state index in [1.54, 1.807) is 0 Å². The summed E-state index contributed by atoms with van der Waals surface area (Å²) in [6.45, 7) is 0. The molecule has 2 aliphatic rings. The van der Waals surface area contributed by atoms with Crippen LogP contribution in [-0.4, -0.2) is 0 Å². The number of hydrogen-bond donors (Lipinski definition) is 0. The highest BCUT2D eigenvalue weighted by molar-refractivity contribution is 9.10. The average Bonchev–Trinajstić information content (AvgIpc) is 3.46. The van der Waals surface area contributed by atoms with Crippen molar-refractivity contribution in [3.63, 3.8) is 0 Å². The molecule has 0 N–H and O–H groups in total. The molecular formula is C37H23Br. The van der Waals surface area contributed by atoms with Crippen LogP contribution in [0, 0.1) is 0 Å². The number of hydrogen-bond acceptors (Lipinski definition) is 0. The van der Waals surface area contributed by atoms with E-state index >= 15 is 0 Å². The predicted octanol–water partition coefficient (Wildman–Crippen LogP) is 10.1. The van der Waals surface area contributed by atoms with Crippen LogP contribution in [-0.2, 0) is 5.41 Å². The number of benzene rings is 6. The lowest BCUT2D eigenvalue weighted by molar-refractivity contribution is 0.795. The summed E-state index contributed by atoms with van der Waals surface area (Å²) in [5.74, 6) is 0. The Hall–Kier alpha value is -4.20. The van der Waals surface area contributed by atoms with Crippen LogP contribution in [0.3, 0.4) is 0 Å². The first kappa shape index (κ1) is 21.8. The van der Waals surface area contributed by atoms with Crippen molar-refractivity contribution in [1.82, 2.24) is 0 Å². The zero-order chi connectivity index (χ0) is 25.3. The van der Waals surface area contributed by atoms with Crippen LogP contribution in [0.5, 0.6) is 0 Å². The minimum Gasteiger partial charge on any atom is -0.0622 e. The van der Waals surface area contributed by atoms with Crippen molar-refractivity contribution in [3.8, 4) is 44.5 Å². The summed E-state index contributed by atoms with van der Waals surface area (Å²) < 4.78 is 1.15. The van der Waals surface area contributed by atoms with Gasteiger partial charge in [0.25, 0.3) is 0 Å². The number of fused-ring (bicyclic) bond motifs is 10. The maximum Gasteiger partial charge on any atom is 0.0731 e. The normalized spacial score (nSPS) is 16.1. The molecular weight excluding hydrogens is 524 g/mol. The van der Waals surface area contributed by atoms with Gasteiger partial charge in [-0.3, -0.25) is 0 Å². The molecule has 1 atom stereocenters. The fraction of sp³-hybridized carbons (Fsp3) is 0.0270. The number of halogens is 1. The van der Waals surface area contributed by atoms with E-state index in [-0.39, 0.29) is 5.41 Å². The summed E-state index contributed by atoms with van der Waals surface area (Å²) >= 11 is 3.93. The van der Waals surface area contributed by atoms with Gasteiger partial charge in [-0.1, -0.05) is 143 Å². The van der Waals surface area contributed by atoms with Gasteiger partial charge in [0.2, 0.25) is 0 Å². The van der Waals surface area contributed by atoms with Gasteiger partial charge in [-0.25, -0.2) is 0 Å². The number of rotatable bonds is 2. The molecule has 0 heterocycles. The highest BCUT2D eigenvalue weighted by atomic mass is 79.9. The summed E-state index contributed by atoms with van der Waals surface area (Å²) in [6.07, 6.45) is 0. The molecule has 0 amide bonds. The van der Waals surface area contributed by atoms with Crippen LogP contribution in [0.2, 0.25) is 0 Å². The summed E-state index contributed by atoms with van der Waals surface area (Å²) in [6, 6.07) is 51.2. The van der Waals surface area contributed by atoms with Crippen LogP contribution in [0.25, 0.3) is 44.5 Å². The fourth-order valence-corrected chi connectivity index (χ4v) is 7.52. The van der Waals surface area contributed by atoms with Crippen molar-refractivity contribution in [2.45, 2.75) is 5.41 Å². The molecule has 0 bridgehead atoms.